The highest BCUT2D eigenvalue weighted by Crippen LogP contribution is 2.00. The van der Waals surface area contributed by atoms with Gasteiger partial charge in [0.05, 0.1) is 18.8 Å². The molecule has 0 saturated carbocycles. The van der Waals surface area contributed by atoms with Gasteiger partial charge in [-0.05, 0) is 57.1 Å². The average Bonchev–Trinajstić information content (AvgIpc) is 2.97. The Morgan fingerprint density at radius 3 is 1.82 bits per heavy atom. The summed E-state index contributed by atoms with van der Waals surface area (Å²) in [6, 6.07) is 4.96. The van der Waals surface area contributed by atoms with Gasteiger partial charge in [0.25, 0.3) is 5.91 Å². The van der Waals surface area contributed by atoms with Crippen molar-refractivity contribution in [2.45, 2.75) is 58.3 Å². The zero-order chi connectivity index (χ0) is 28.9. The molecule has 0 saturated heterocycles. The van der Waals surface area contributed by atoms with E-state index < -0.39 is 0 Å². The summed E-state index contributed by atoms with van der Waals surface area (Å²) in [5, 5.41) is 14.3. The third-order valence-corrected chi connectivity index (χ3v) is 5.38. The second-order valence-electron chi connectivity index (χ2n) is 8.72. The van der Waals surface area contributed by atoms with Crippen LogP contribution in [0.4, 0.5) is 0 Å². The molecule has 0 radical (unpaired) electrons. The van der Waals surface area contributed by atoms with Gasteiger partial charge in [-0.3, -0.25) is 9.59 Å². The van der Waals surface area contributed by atoms with Gasteiger partial charge in [-0.2, -0.15) is 5.26 Å². The lowest BCUT2D eigenvalue weighted by Crippen LogP contribution is -2.30. The fourth-order valence-corrected chi connectivity index (χ4v) is 3.24. The molecular weight excluding hydrogens is 500 g/mol. The Hall–Kier alpha value is -4.02. The van der Waals surface area contributed by atoms with E-state index in [1.165, 1.54) is 12.3 Å². The molecule has 0 aliphatic rings. The largest absolute Gasteiger partial charge is 0.378 e. The summed E-state index contributed by atoms with van der Waals surface area (Å²) in [4.78, 5) is 27.7. The number of nitrogens with zero attached hydrogens (tertiary/aromatic N) is 2. The van der Waals surface area contributed by atoms with E-state index in [1.807, 2.05) is 12.1 Å². The predicted octanol–water partition coefficient (Wildman–Crippen LogP) is 6.29. The lowest BCUT2D eigenvalue weighted by atomic mass is 10.2. The number of ether oxygens (including phenoxy) is 1. The zero-order valence-electron chi connectivity index (χ0n) is 23.8. The maximum atomic E-state index is 12.0. The van der Waals surface area contributed by atoms with Crippen molar-refractivity contribution in [3.05, 3.63) is 102 Å². The van der Waals surface area contributed by atoms with E-state index >= 15 is 0 Å². The Morgan fingerprint density at radius 1 is 0.800 bits per heavy atom. The summed E-state index contributed by atoms with van der Waals surface area (Å²) in [6.07, 6.45) is 34.3. The van der Waals surface area contributed by atoms with Crippen LogP contribution in [-0.2, 0) is 9.53 Å². The van der Waals surface area contributed by atoms with Gasteiger partial charge in [0.1, 0.15) is 11.8 Å². The molecule has 0 fully saturated rings. The highest BCUT2D eigenvalue weighted by atomic mass is 16.5. The van der Waals surface area contributed by atoms with Crippen LogP contribution in [0.15, 0.2) is 91.2 Å². The van der Waals surface area contributed by atoms with Gasteiger partial charge >= 0.3 is 0 Å². The van der Waals surface area contributed by atoms with Crippen molar-refractivity contribution in [1.82, 2.24) is 15.6 Å². The van der Waals surface area contributed by atoms with E-state index in [0.29, 0.717) is 44.7 Å². The minimum absolute atomic E-state index is 0.00949. The standard InChI is InChI=1S/C33H44N4O3/c1-2-3-4-5-6-7-8-9-10-11-12-13-14-15-16-17-18-19-20-21-32(38)35-24-26-40-27-25-36-33(39)30-22-23-31(28-34)37-29-30/h3-4,6-7,9-10,12-13,15-16,18-19,22-23,29H,2,5,8,11,14,17,20-21,24-27H2,1H3,(H,35,38)(H,36,39)/b4-3-,7-6-,10-9-,13-12-,16-15-,19-18-. The van der Waals surface area contributed by atoms with Crippen molar-refractivity contribution in [3.8, 4) is 6.07 Å². The molecule has 7 heteroatoms. The topological polar surface area (TPSA) is 104 Å². The van der Waals surface area contributed by atoms with Crippen LogP contribution in [0.2, 0.25) is 0 Å². The first-order chi connectivity index (χ1) is 19.7. The minimum Gasteiger partial charge on any atom is -0.378 e. The molecule has 0 spiro atoms. The van der Waals surface area contributed by atoms with Crippen molar-refractivity contribution in [2.24, 2.45) is 0 Å². The number of nitrogens with one attached hydrogen (secondary N) is 2. The number of aromatic nitrogens is 1. The van der Waals surface area contributed by atoms with E-state index in [2.05, 4.69) is 89.4 Å². The summed E-state index contributed by atoms with van der Waals surface area (Å²) < 4.78 is 5.43. The number of allylic oxidation sites excluding steroid dienone is 12. The molecule has 0 aromatic carbocycles. The molecule has 214 valence electrons. The molecule has 1 aromatic rings. The Labute approximate surface area is 240 Å². The van der Waals surface area contributed by atoms with Crippen LogP contribution in [0.5, 0.6) is 0 Å². The predicted molar refractivity (Wildman–Crippen MR) is 163 cm³/mol. The fourth-order valence-electron chi connectivity index (χ4n) is 3.24. The summed E-state index contributed by atoms with van der Waals surface area (Å²) in [6.45, 7) is 3.63. The summed E-state index contributed by atoms with van der Waals surface area (Å²) >= 11 is 0. The van der Waals surface area contributed by atoms with Gasteiger partial charge in [0.15, 0.2) is 0 Å². The molecule has 0 bridgehead atoms. The van der Waals surface area contributed by atoms with Gasteiger partial charge in [-0.1, -0.05) is 79.8 Å². The summed E-state index contributed by atoms with van der Waals surface area (Å²) in [7, 11) is 0. The van der Waals surface area contributed by atoms with E-state index in [4.69, 9.17) is 10.00 Å². The van der Waals surface area contributed by atoms with Crippen LogP contribution in [-0.4, -0.2) is 43.1 Å². The molecule has 40 heavy (non-hydrogen) atoms. The third kappa shape index (κ3) is 20.0. The number of carbonyl (C=O) groups is 2. The Kier molecular flexibility index (Phi) is 21.5. The maximum Gasteiger partial charge on any atom is 0.252 e. The molecule has 7 nitrogen and oxygen atoms in total. The molecule has 0 aliphatic carbocycles. The number of hydrogen-bond acceptors (Lipinski definition) is 5. The van der Waals surface area contributed by atoms with Gasteiger partial charge in [-0.15, -0.1) is 0 Å². The molecule has 2 N–H and O–H groups in total. The Bertz CT molecular complexity index is 1040. The average molecular weight is 545 g/mol. The molecule has 0 atom stereocenters. The van der Waals surface area contributed by atoms with Crippen LogP contribution in [0, 0.1) is 11.3 Å². The minimum atomic E-state index is -0.275. The molecule has 1 heterocycles. The van der Waals surface area contributed by atoms with Crippen LogP contribution < -0.4 is 10.6 Å². The molecule has 1 aromatic heterocycles. The molecular formula is C33H44N4O3. The van der Waals surface area contributed by atoms with Crippen LogP contribution in [0.3, 0.4) is 0 Å². The first-order valence-electron chi connectivity index (χ1n) is 14.1. The van der Waals surface area contributed by atoms with E-state index in [1.54, 1.807) is 6.07 Å². The Balaban J connectivity index is 1.94. The molecule has 1 rings (SSSR count). The number of rotatable bonds is 21. The Morgan fingerprint density at radius 2 is 1.32 bits per heavy atom. The molecule has 2 amide bonds. The maximum absolute atomic E-state index is 12.0. The second-order valence-corrected chi connectivity index (χ2v) is 8.72. The smallest absolute Gasteiger partial charge is 0.252 e. The zero-order valence-corrected chi connectivity index (χ0v) is 23.8. The number of pyridine rings is 1. The first-order valence-corrected chi connectivity index (χ1v) is 14.1. The highest BCUT2D eigenvalue weighted by molar-refractivity contribution is 5.93. The van der Waals surface area contributed by atoms with Gasteiger partial charge in [0, 0.05) is 25.7 Å². The van der Waals surface area contributed by atoms with Crippen LogP contribution >= 0.6 is 0 Å². The van der Waals surface area contributed by atoms with Crippen molar-refractivity contribution in [1.29, 1.82) is 5.26 Å². The van der Waals surface area contributed by atoms with E-state index in [9.17, 15) is 9.59 Å². The van der Waals surface area contributed by atoms with Gasteiger partial charge in [0.2, 0.25) is 5.91 Å². The molecule has 0 aliphatic heterocycles. The molecule has 0 unspecified atom stereocenters. The lowest BCUT2D eigenvalue weighted by Gasteiger charge is -2.07. The van der Waals surface area contributed by atoms with Crippen molar-refractivity contribution in [3.63, 3.8) is 0 Å². The van der Waals surface area contributed by atoms with Gasteiger partial charge in [-0.25, -0.2) is 4.98 Å². The number of hydrogen-bond donors (Lipinski definition) is 2. The number of amides is 2. The van der Waals surface area contributed by atoms with Crippen molar-refractivity contribution < 1.29 is 14.3 Å². The summed E-state index contributed by atoms with van der Waals surface area (Å²) in [5.41, 5.74) is 0.650. The van der Waals surface area contributed by atoms with E-state index in [-0.39, 0.29) is 17.5 Å². The highest BCUT2D eigenvalue weighted by Gasteiger charge is 2.05. The van der Waals surface area contributed by atoms with Crippen molar-refractivity contribution in [2.75, 3.05) is 26.3 Å². The van der Waals surface area contributed by atoms with Crippen molar-refractivity contribution >= 4 is 11.8 Å². The third-order valence-electron chi connectivity index (χ3n) is 5.38. The first kappa shape index (κ1) is 34.0. The fraction of sp³-hybridized carbons (Fsp3) is 0.394. The normalized spacial score (nSPS) is 12.0. The number of nitriles is 1. The van der Waals surface area contributed by atoms with E-state index in [0.717, 1.165) is 38.5 Å². The van der Waals surface area contributed by atoms with Gasteiger partial charge < -0.3 is 15.4 Å². The SMILES string of the molecule is CC/C=C\C/C=C\C/C=C\C/C=C\C/C=C\C/C=C\CCC(=O)NCCOCCNC(=O)c1ccc(C#N)nc1. The van der Waals surface area contributed by atoms with Crippen LogP contribution in [0.25, 0.3) is 0 Å². The monoisotopic (exact) mass is 544 g/mol. The number of carbonyl (C=O) groups excluding carboxylic acids is 2. The lowest BCUT2D eigenvalue weighted by molar-refractivity contribution is -0.121. The summed E-state index contributed by atoms with van der Waals surface area (Å²) in [5.74, 6) is -0.284. The quantitative estimate of drug-likeness (QED) is 0.140. The van der Waals surface area contributed by atoms with Crippen LogP contribution in [0.1, 0.15) is 74.3 Å². The second kappa shape index (κ2) is 25.3.